The smallest absolute Gasteiger partial charge is 0.116 e. The summed E-state index contributed by atoms with van der Waals surface area (Å²) in [5, 5.41) is 4.60. The second-order valence-electron chi connectivity index (χ2n) is 3.91. The topological polar surface area (TPSA) is 37.8 Å². The molecule has 1 aromatic heterocycles. The SMILES string of the molecule is CCNC(CSc1ccncn1)C(C)CC. The van der Waals surface area contributed by atoms with Crippen LogP contribution in [0.1, 0.15) is 27.2 Å². The Balaban J connectivity index is 2.43. The lowest BCUT2D eigenvalue weighted by molar-refractivity contribution is 0.404. The fourth-order valence-corrected chi connectivity index (χ4v) is 2.59. The van der Waals surface area contributed by atoms with Crippen molar-refractivity contribution in [3.8, 4) is 0 Å². The zero-order valence-electron chi connectivity index (χ0n) is 10.3. The van der Waals surface area contributed by atoms with E-state index in [4.69, 9.17) is 0 Å². The average Bonchev–Trinajstić information content (AvgIpc) is 2.34. The van der Waals surface area contributed by atoms with Crippen LogP contribution in [0.25, 0.3) is 0 Å². The zero-order chi connectivity index (χ0) is 11.8. The van der Waals surface area contributed by atoms with E-state index in [0.717, 1.165) is 17.3 Å². The monoisotopic (exact) mass is 239 g/mol. The molecule has 4 heteroatoms. The van der Waals surface area contributed by atoms with E-state index in [1.807, 2.05) is 6.07 Å². The van der Waals surface area contributed by atoms with Gasteiger partial charge in [-0.1, -0.05) is 27.2 Å². The van der Waals surface area contributed by atoms with Gasteiger partial charge in [0.05, 0.1) is 5.03 Å². The number of nitrogens with zero attached hydrogens (tertiary/aromatic N) is 2. The zero-order valence-corrected chi connectivity index (χ0v) is 11.1. The Kier molecular flexibility index (Phi) is 6.42. The van der Waals surface area contributed by atoms with Crippen molar-refractivity contribution >= 4 is 11.8 Å². The normalized spacial score (nSPS) is 14.7. The highest BCUT2D eigenvalue weighted by molar-refractivity contribution is 7.99. The molecule has 0 radical (unpaired) electrons. The maximum atomic E-state index is 4.22. The molecular weight excluding hydrogens is 218 g/mol. The van der Waals surface area contributed by atoms with Gasteiger partial charge in [-0.25, -0.2) is 9.97 Å². The summed E-state index contributed by atoms with van der Waals surface area (Å²) < 4.78 is 0. The maximum absolute atomic E-state index is 4.22. The van der Waals surface area contributed by atoms with Crippen molar-refractivity contribution in [1.29, 1.82) is 0 Å². The summed E-state index contributed by atoms with van der Waals surface area (Å²) in [5.74, 6) is 1.77. The molecule has 0 fully saturated rings. The Labute approximate surface area is 102 Å². The Morgan fingerprint density at radius 2 is 2.25 bits per heavy atom. The molecular formula is C12H21N3S. The van der Waals surface area contributed by atoms with Crippen molar-refractivity contribution in [3.63, 3.8) is 0 Å². The van der Waals surface area contributed by atoms with E-state index < -0.39 is 0 Å². The van der Waals surface area contributed by atoms with Gasteiger partial charge in [0.15, 0.2) is 0 Å². The first kappa shape index (κ1) is 13.5. The molecule has 0 bridgehead atoms. The lowest BCUT2D eigenvalue weighted by Crippen LogP contribution is -2.36. The Bertz CT molecular complexity index is 279. The van der Waals surface area contributed by atoms with Crippen LogP contribution in [0.15, 0.2) is 23.6 Å². The van der Waals surface area contributed by atoms with Gasteiger partial charge < -0.3 is 5.32 Å². The molecule has 3 nitrogen and oxygen atoms in total. The van der Waals surface area contributed by atoms with Gasteiger partial charge in [-0.2, -0.15) is 0 Å². The van der Waals surface area contributed by atoms with Gasteiger partial charge in [-0.3, -0.25) is 0 Å². The van der Waals surface area contributed by atoms with E-state index in [2.05, 4.69) is 36.1 Å². The third-order valence-electron chi connectivity index (χ3n) is 2.76. The molecule has 0 aliphatic carbocycles. The Morgan fingerprint density at radius 3 is 2.81 bits per heavy atom. The molecule has 16 heavy (non-hydrogen) atoms. The molecule has 90 valence electrons. The molecule has 0 amide bonds. The minimum Gasteiger partial charge on any atom is -0.313 e. The number of thioether (sulfide) groups is 1. The molecule has 0 spiro atoms. The minimum atomic E-state index is 0.565. The maximum Gasteiger partial charge on any atom is 0.116 e. The predicted octanol–water partition coefficient (Wildman–Crippen LogP) is 2.59. The van der Waals surface area contributed by atoms with Gasteiger partial charge in [0.2, 0.25) is 0 Å². The summed E-state index contributed by atoms with van der Waals surface area (Å²) >= 11 is 1.80. The fourth-order valence-electron chi connectivity index (χ4n) is 1.51. The number of hydrogen-bond donors (Lipinski definition) is 1. The van der Waals surface area contributed by atoms with E-state index in [1.54, 1.807) is 24.3 Å². The quantitative estimate of drug-likeness (QED) is 0.586. The van der Waals surface area contributed by atoms with Gasteiger partial charge in [0, 0.05) is 18.0 Å². The molecule has 0 aliphatic heterocycles. The second-order valence-corrected chi connectivity index (χ2v) is 4.95. The van der Waals surface area contributed by atoms with E-state index in [9.17, 15) is 0 Å². The van der Waals surface area contributed by atoms with Crippen LogP contribution >= 0.6 is 11.8 Å². The van der Waals surface area contributed by atoms with Crippen LogP contribution in [0.3, 0.4) is 0 Å². The second kappa shape index (κ2) is 7.63. The molecule has 1 heterocycles. The summed E-state index contributed by atoms with van der Waals surface area (Å²) in [6.07, 6.45) is 4.61. The van der Waals surface area contributed by atoms with Gasteiger partial charge in [-0.05, 0) is 18.5 Å². The van der Waals surface area contributed by atoms with Crippen LogP contribution in [0.4, 0.5) is 0 Å². The first-order chi connectivity index (χ1) is 7.77. The highest BCUT2D eigenvalue weighted by Gasteiger charge is 2.14. The van der Waals surface area contributed by atoms with Crippen LogP contribution in [0, 0.1) is 5.92 Å². The van der Waals surface area contributed by atoms with Crippen molar-refractivity contribution in [2.24, 2.45) is 5.92 Å². The van der Waals surface area contributed by atoms with Crippen LogP contribution in [0.5, 0.6) is 0 Å². The predicted molar refractivity (Wildman–Crippen MR) is 69.7 cm³/mol. The van der Waals surface area contributed by atoms with Crippen molar-refractivity contribution in [2.45, 2.75) is 38.3 Å². The van der Waals surface area contributed by atoms with Gasteiger partial charge in [0.1, 0.15) is 6.33 Å². The lowest BCUT2D eigenvalue weighted by Gasteiger charge is -2.23. The van der Waals surface area contributed by atoms with Gasteiger partial charge >= 0.3 is 0 Å². The van der Waals surface area contributed by atoms with E-state index in [-0.39, 0.29) is 0 Å². The van der Waals surface area contributed by atoms with Gasteiger partial charge in [-0.15, -0.1) is 11.8 Å². The third kappa shape index (κ3) is 4.49. The summed E-state index contributed by atoms with van der Waals surface area (Å²) in [6, 6.07) is 2.53. The van der Waals surface area contributed by atoms with E-state index in [1.165, 1.54) is 6.42 Å². The molecule has 2 unspecified atom stereocenters. The van der Waals surface area contributed by atoms with Gasteiger partial charge in [0.25, 0.3) is 0 Å². The van der Waals surface area contributed by atoms with Crippen molar-refractivity contribution in [3.05, 3.63) is 18.6 Å². The minimum absolute atomic E-state index is 0.565. The van der Waals surface area contributed by atoms with Crippen LogP contribution in [-0.4, -0.2) is 28.3 Å². The Morgan fingerprint density at radius 1 is 1.44 bits per heavy atom. The summed E-state index contributed by atoms with van der Waals surface area (Å²) in [7, 11) is 0. The molecule has 0 aromatic carbocycles. The Hall–Kier alpha value is -0.610. The number of hydrogen-bond acceptors (Lipinski definition) is 4. The number of nitrogens with one attached hydrogen (secondary N) is 1. The standard InChI is InChI=1S/C12H21N3S/c1-4-10(3)11(14-5-2)8-16-12-6-7-13-9-15-12/h6-7,9-11,14H,4-5,8H2,1-3H3. The van der Waals surface area contributed by atoms with Crippen LogP contribution in [-0.2, 0) is 0 Å². The summed E-state index contributed by atoms with van der Waals surface area (Å²) in [4.78, 5) is 8.14. The molecule has 0 aliphatic rings. The molecule has 2 atom stereocenters. The van der Waals surface area contributed by atoms with Crippen LogP contribution < -0.4 is 5.32 Å². The highest BCUT2D eigenvalue weighted by Crippen LogP contribution is 2.19. The molecule has 1 aromatic rings. The van der Waals surface area contributed by atoms with Crippen LogP contribution in [0.2, 0.25) is 0 Å². The summed E-state index contributed by atoms with van der Waals surface area (Å²) in [5.41, 5.74) is 0. The third-order valence-corrected chi connectivity index (χ3v) is 3.83. The largest absolute Gasteiger partial charge is 0.313 e. The first-order valence-electron chi connectivity index (χ1n) is 5.90. The van der Waals surface area contributed by atoms with Crippen molar-refractivity contribution < 1.29 is 0 Å². The van der Waals surface area contributed by atoms with Crippen molar-refractivity contribution in [2.75, 3.05) is 12.3 Å². The number of aromatic nitrogens is 2. The van der Waals surface area contributed by atoms with E-state index in [0.29, 0.717) is 12.0 Å². The highest BCUT2D eigenvalue weighted by atomic mass is 32.2. The molecule has 1 rings (SSSR count). The van der Waals surface area contributed by atoms with E-state index >= 15 is 0 Å². The molecule has 1 N–H and O–H groups in total. The first-order valence-corrected chi connectivity index (χ1v) is 6.88. The summed E-state index contributed by atoms with van der Waals surface area (Å²) in [6.45, 7) is 7.72. The molecule has 0 saturated heterocycles. The molecule has 0 saturated carbocycles. The fraction of sp³-hybridized carbons (Fsp3) is 0.667. The van der Waals surface area contributed by atoms with Crippen molar-refractivity contribution in [1.82, 2.24) is 15.3 Å². The lowest BCUT2D eigenvalue weighted by atomic mass is 10.0. The number of rotatable bonds is 7. The average molecular weight is 239 g/mol.